The van der Waals surface area contributed by atoms with E-state index in [1.807, 2.05) is 0 Å². The molecule has 2 unspecified atom stereocenters. The molecule has 2 atom stereocenters. The minimum atomic E-state index is -4.93. The number of nitrogens with one attached hydrogen (secondary N) is 1. The third-order valence-electron chi connectivity index (χ3n) is 5.31. The lowest BCUT2D eigenvalue weighted by Crippen LogP contribution is -2.56. The summed E-state index contributed by atoms with van der Waals surface area (Å²) < 4.78 is 54.6. The van der Waals surface area contributed by atoms with Crippen LogP contribution in [0.3, 0.4) is 0 Å². The van der Waals surface area contributed by atoms with Crippen molar-refractivity contribution < 1.29 is 31.9 Å². The lowest BCUT2D eigenvalue weighted by atomic mass is 9.94. The van der Waals surface area contributed by atoms with E-state index in [4.69, 9.17) is 0 Å². The number of piperidine rings is 1. The Balaban J connectivity index is 1.66. The van der Waals surface area contributed by atoms with Crippen LogP contribution in [-0.2, 0) is 11.3 Å². The molecule has 1 saturated carbocycles. The summed E-state index contributed by atoms with van der Waals surface area (Å²) >= 11 is 0. The maximum atomic E-state index is 14.1. The average molecular weight is 442 g/mol. The number of carbonyl (C=O) groups is 2. The molecular formula is C20H22F4N4O3. The van der Waals surface area contributed by atoms with Crippen molar-refractivity contribution in [2.45, 2.75) is 51.2 Å². The molecule has 0 spiro atoms. The molecule has 1 saturated heterocycles. The Labute approximate surface area is 176 Å². The van der Waals surface area contributed by atoms with Crippen molar-refractivity contribution in [1.29, 1.82) is 5.26 Å². The molecule has 1 aliphatic carbocycles. The van der Waals surface area contributed by atoms with E-state index in [0.29, 0.717) is 25.6 Å². The SMILES string of the molecule is CC(=O)N1CC(C#N)CC(N(C(=O)NCc2ccc(OC(F)(F)F)cc2F)C2CC2)C1. The number of ether oxygens (including phenoxy) is 1. The highest BCUT2D eigenvalue weighted by atomic mass is 19.4. The largest absolute Gasteiger partial charge is 0.573 e. The summed E-state index contributed by atoms with van der Waals surface area (Å²) in [6.07, 6.45) is -2.91. The summed E-state index contributed by atoms with van der Waals surface area (Å²) in [6.45, 7) is 1.81. The summed E-state index contributed by atoms with van der Waals surface area (Å²) in [5.41, 5.74) is 0.00234. The normalized spacial score (nSPS) is 21.2. The maximum Gasteiger partial charge on any atom is 0.573 e. The van der Waals surface area contributed by atoms with Gasteiger partial charge in [0.25, 0.3) is 0 Å². The van der Waals surface area contributed by atoms with E-state index in [2.05, 4.69) is 16.1 Å². The zero-order valence-electron chi connectivity index (χ0n) is 16.8. The number of halogens is 4. The van der Waals surface area contributed by atoms with E-state index < -0.39 is 29.9 Å². The van der Waals surface area contributed by atoms with E-state index in [1.165, 1.54) is 6.92 Å². The molecule has 1 aromatic rings. The minimum Gasteiger partial charge on any atom is -0.406 e. The summed E-state index contributed by atoms with van der Waals surface area (Å²) in [5, 5.41) is 11.9. The summed E-state index contributed by atoms with van der Waals surface area (Å²) in [5.74, 6) is -2.20. The Morgan fingerprint density at radius 2 is 2.00 bits per heavy atom. The zero-order chi connectivity index (χ0) is 22.8. The van der Waals surface area contributed by atoms with Crippen molar-refractivity contribution >= 4 is 11.9 Å². The van der Waals surface area contributed by atoms with Crippen LogP contribution >= 0.6 is 0 Å². The van der Waals surface area contributed by atoms with Gasteiger partial charge in [0.05, 0.1) is 18.0 Å². The molecule has 2 fully saturated rings. The molecule has 1 heterocycles. The molecule has 1 aromatic carbocycles. The van der Waals surface area contributed by atoms with Crippen LogP contribution in [0.2, 0.25) is 0 Å². The Morgan fingerprint density at radius 3 is 2.55 bits per heavy atom. The monoisotopic (exact) mass is 442 g/mol. The first-order chi connectivity index (χ1) is 14.6. The van der Waals surface area contributed by atoms with Crippen molar-refractivity contribution in [2.75, 3.05) is 13.1 Å². The first-order valence-corrected chi connectivity index (χ1v) is 9.83. The van der Waals surface area contributed by atoms with E-state index in [9.17, 15) is 32.4 Å². The Kier molecular flexibility index (Phi) is 6.57. The van der Waals surface area contributed by atoms with E-state index in [0.717, 1.165) is 25.0 Å². The fourth-order valence-electron chi connectivity index (χ4n) is 3.74. The van der Waals surface area contributed by atoms with Gasteiger partial charge in [-0.1, -0.05) is 6.07 Å². The average Bonchev–Trinajstić information content (AvgIpc) is 3.51. The number of alkyl halides is 3. The molecule has 3 amide bonds. The van der Waals surface area contributed by atoms with Crippen molar-refractivity contribution in [1.82, 2.24) is 15.1 Å². The van der Waals surface area contributed by atoms with Crippen LogP contribution < -0.4 is 10.1 Å². The molecule has 0 radical (unpaired) electrons. The molecule has 1 N–H and O–H groups in total. The number of hydrogen-bond acceptors (Lipinski definition) is 4. The third-order valence-corrected chi connectivity index (χ3v) is 5.31. The van der Waals surface area contributed by atoms with Crippen LogP contribution in [0, 0.1) is 23.1 Å². The Hall–Kier alpha value is -3.03. The summed E-state index contributed by atoms with van der Waals surface area (Å²) in [4.78, 5) is 27.8. The number of amides is 3. The van der Waals surface area contributed by atoms with Crippen molar-refractivity contribution in [3.05, 3.63) is 29.6 Å². The number of carbonyl (C=O) groups excluding carboxylic acids is 2. The molecule has 7 nitrogen and oxygen atoms in total. The van der Waals surface area contributed by atoms with Gasteiger partial charge in [-0.2, -0.15) is 5.26 Å². The lowest BCUT2D eigenvalue weighted by molar-refractivity contribution is -0.274. The van der Waals surface area contributed by atoms with Gasteiger partial charge in [-0.05, 0) is 25.3 Å². The van der Waals surface area contributed by atoms with Gasteiger partial charge in [0.1, 0.15) is 11.6 Å². The lowest BCUT2D eigenvalue weighted by Gasteiger charge is -2.41. The first kappa shape index (κ1) is 22.7. The second-order valence-electron chi connectivity index (χ2n) is 7.74. The molecule has 0 aromatic heterocycles. The van der Waals surface area contributed by atoms with Crippen LogP contribution in [0.25, 0.3) is 0 Å². The van der Waals surface area contributed by atoms with E-state index >= 15 is 0 Å². The van der Waals surface area contributed by atoms with Crippen LogP contribution in [0.4, 0.5) is 22.4 Å². The predicted octanol–water partition coefficient (Wildman–Crippen LogP) is 3.16. The topological polar surface area (TPSA) is 85.7 Å². The second-order valence-corrected chi connectivity index (χ2v) is 7.74. The number of likely N-dealkylation sites (tertiary alicyclic amines) is 1. The van der Waals surface area contributed by atoms with Gasteiger partial charge in [0.2, 0.25) is 5.91 Å². The van der Waals surface area contributed by atoms with Crippen LogP contribution in [-0.4, -0.2) is 53.3 Å². The van der Waals surface area contributed by atoms with Gasteiger partial charge in [0, 0.05) is 44.2 Å². The highest BCUT2D eigenvalue weighted by molar-refractivity contribution is 5.76. The molecule has 168 valence electrons. The van der Waals surface area contributed by atoms with Gasteiger partial charge >= 0.3 is 12.4 Å². The van der Waals surface area contributed by atoms with Gasteiger partial charge in [-0.25, -0.2) is 9.18 Å². The molecule has 1 aliphatic heterocycles. The molecule has 3 rings (SSSR count). The van der Waals surface area contributed by atoms with Gasteiger partial charge in [0.15, 0.2) is 0 Å². The van der Waals surface area contributed by atoms with Gasteiger partial charge in [-0.15, -0.1) is 13.2 Å². The third kappa shape index (κ3) is 5.99. The molecule has 11 heteroatoms. The van der Waals surface area contributed by atoms with Crippen molar-refractivity contribution in [3.63, 3.8) is 0 Å². The number of benzene rings is 1. The van der Waals surface area contributed by atoms with Crippen molar-refractivity contribution in [3.8, 4) is 11.8 Å². The molecular weight excluding hydrogens is 420 g/mol. The Morgan fingerprint density at radius 1 is 1.29 bits per heavy atom. The second kappa shape index (κ2) is 8.99. The van der Waals surface area contributed by atoms with E-state index in [-0.39, 0.29) is 30.1 Å². The standard InChI is InChI=1S/C20H22F4N4O3/c1-12(29)27-10-13(8-25)6-16(11-27)28(15-3-4-15)19(30)26-9-14-2-5-17(7-18(14)21)31-20(22,23)24/h2,5,7,13,15-16H,3-4,6,9-11H2,1H3,(H,26,30). The Bertz CT molecular complexity index is 882. The fraction of sp³-hybridized carbons (Fsp3) is 0.550. The quantitative estimate of drug-likeness (QED) is 0.710. The van der Waals surface area contributed by atoms with Gasteiger partial charge in [-0.3, -0.25) is 4.79 Å². The number of nitrogens with zero attached hydrogens (tertiary/aromatic N) is 3. The number of urea groups is 1. The fourth-order valence-corrected chi connectivity index (χ4v) is 3.74. The van der Waals surface area contributed by atoms with Crippen LogP contribution in [0.15, 0.2) is 18.2 Å². The van der Waals surface area contributed by atoms with Gasteiger partial charge < -0.3 is 19.9 Å². The van der Waals surface area contributed by atoms with E-state index in [1.54, 1.807) is 9.80 Å². The summed E-state index contributed by atoms with van der Waals surface area (Å²) in [6, 6.07) is 4.02. The number of hydrogen-bond donors (Lipinski definition) is 1. The van der Waals surface area contributed by atoms with Crippen LogP contribution in [0.5, 0.6) is 5.75 Å². The zero-order valence-corrected chi connectivity index (χ0v) is 16.8. The highest BCUT2D eigenvalue weighted by Crippen LogP contribution is 2.33. The minimum absolute atomic E-state index is 0.00234. The summed E-state index contributed by atoms with van der Waals surface area (Å²) in [7, 11) is 0. The highest BCUT2D eigenvalue weighted by Gasteiger charge is 2.41. The molecule has 2 aliphatic rings. The smallest absolute Gasteiger partial charge is 0.406 e. The number of rotatable bonds is 5. The van der Waals surface area contributed by atoms with Crippen molar-refractivity contribution in [2.24, 2.45) is 5.92 Å². The van der Waals surface area contributed by atoms with Crippen LogP contribution in [0.1, 0.15) is 31.7 Å². The predicted molar refractivity (Wildman–Crippen MR) is 99.9 cm³/mol. The maximum absolute atomic E-state index is 14.1. The molecule has 31 heavy (non-hydrogen) atoms. The number of nitriles is 1. The molecule has 0 bridgehead atoms. The first-order valence-electron chi connectivity index (χ1n) is 9.83.